The van der Waals surface area contributed by atoms with E-state index in [4.69, 9.17) is 16.2 Å². The Bertz CT molecular complexity index is 148. The highest BCUT2D eigenvalue weighted by Crippen LogP contribution is 2.20. The van der Waals surface area contributed by atoms with E-state index in [2.05, 4.69) is 4.99 Å². The number of guanidine groups is 1. The fourth-order valence-corrected chi connectivity index (χ4v) is 1.45. The first kappa shape index (κ1) is 9.32. The minimum atomic E-state index is 0.144. The van der Waals surface area contributed by atoms with Gasteiger partial charge < -0.3 is 16.2 Å². The molecule has 1 saturated carbocycles. The fraction of sp³-hybridized carbons (Fsp3) is 0.875. The minimum absolute atomic E-state index is 0.144. The van der Waals surface area contributed by atoms with Gasteiger partial charge in [-0.3, -0.25) is 4.99 Å². The van der Waals surface area contributed by atoms with Crippen LogP contribution in [0.2, 0.25) is 0 Å². The average molecular weight is 171 g/mol. The molecule has 0 amide bonds. The fourth-order valence-electron chi connectivity index (χ4n) is 1.45. The molecule has 1 aliphatic carbocycles. The Labute approximate surface area is 73.0 Å². The van der Waals surface area contributed by atoms with Gasteiger partial charge in [-0.2, -0.15) is 0 Å². The van der Waals surface area contributed by atoms with E-state index in [1.54, 1.807) is 0 Å². The van der Waals surface area contributed by atoms with Crippen LogP contribution in [0.25, 0.3) is 0 Å². The van der Waals surface area contributed by atoms with Crippen LogP contribution in [-0.4, -0.2) is 25.2 Å². The molecule has 0 aromatic heterocycles. The number of hydrogen-bond donors (Lipinski definition) is 2. The van der Waals surface area contributed by atoms with Crippen LogP contribution in [0.5, 0.6) is 0 Å². The lowest BCUT2D eigenvalue weighted by Gasteiger charge is -2.08. The molecule has 0 spiro atoms. The van der Waals surface area contributed by atoms with Crippen LogP contribution in [0.1, 0.15) is 25.7 Å². The summed E-state index contributed by atoms with van der Waals surface area (Å²) in [7, 11) is 0. The largest absolute Gasteiger partial charge is 0.376 e. The maximum Gasteiger partial charge on any atom is 0.185 e. The number of nitrogens with two attached hydrogens (primary N) is 2. The summed E-state index contributed by atoms with van der Waals surface area (Å²) < 4.78 is 5.54. The van der Waals surface area contributed by atoms with Gasteiger partial charge in [-0.1, -0.05) is 12.8 Å². The molecule has 0 aliphatic heterocycles. The lowest BCUT2D eigenvalue weighted by Crippen LogP contribution is -2.23. The predicted octanol–water partition coefficient (Wildman–Crippen LogP) is 0.219. The molecule has 0 aromatic rings. The van der Waals surface area contributed by atoms with Crippen LogP contribution in [0.15, 0.2) is 4.99 Å². The van der Waals surface area contributed by atoms with Crippen molar-refractivity contribution in [3.8, 4) is 0 Å². The van der Waals surface area contributed by atoms with Crippen molar-refractivity contribution >= 4 is 5.96 Å². The molecule has 12 heavy (non-hydrogen) atoms. The lowest BCUT2D eigenvalue weighted by molar-refractivity contribution is 0.0643. The monoisotopic (exact) mass is 171 g/mol. The Balaban J connectivity index is 1.98. The van der Waals surface area contributed by atoms with Crippen molar-refractivity contribution < 1.29 is 4.74 Å². The summed E-state index contributed by atoms with van der Waals surface area (Å²) in [5, 5.41) is 0. The van der Waals surface area contributed by atoms with Crippen molar-refractivity contribution in [3.05, 3.63) is 0 Å². The van der Waals surface area contributed by atoms with Crippen LogP contribution in [-0.2, 0) is 4.74 Å². The highest BCUT2D eigenvalue weighted by molar-refractivity contribution is 5.75. The molecule has 4 N–H and O–H groups in total. The summed E-state index contributed by atoms with van der Waals surface area (Å²) in [5.41, 5.74) is 10.3. The second kappa shape index (κ2) is 4.98. The smallest absolute Gasteiger partial charge is 0.185 e. The number of aliphatic imine (C=N–C) groups is 1. The molecule has 1 aliphatic rings. The van der Waals surface area contributed by atoms with Crippen molar-refractivity contribution in [2.24, 2.45) is 16.5 Å². The van der Waals surface area contributed by atoms with E-state index < -0.39 is 0 Å². The average Bonchev–Trinajstić information content (AvgIpc) is 2.49. The molecule has 0 atom stereocenters. The Morgan fingerprint density at radius 2 is 2.00 bits per heavy atom. The maximum absolute atomic E-state index is 5.54. The molecule has 0 unspecified atom stereocenters. The van der Waals surface area contributed by atoms with Gasteiger partial charge in [0.05, 0.1) is 19.3 Å². The molecule has 4 heteroatoms. The van der Waals surface area contributed by atoms with Gasteiger partial charge in [0, 0.05) is 0 Å². The zero-order valence-corrected chi connectivity index (χ0v) is 7.33. The van der Waals surface area contributed by atoms with Gasteiger partial charge in [-0.25, -0.2) is 0 Å². The van der Waals surface area contributed by atoms with Crippen molar-refractivity contribution in [2.45, 2.75) is 31.8 Å². The number of hydrogen-bond acceptors (Lipinski definition) is 2. The summed E-state index contributed by atoms with van der Waals surface area (Å²) in [4.78, 5) is 3.83. The van der Waals surface area contributed by atoms with Gasteiger partial charge in [0.1, 0.15) is 0 Å². The summed E-state index contributed by atoms with van der Waals surface area (Å²) in [6.45, 7) is 1.22. The third-order valence-corrected chi connectivity index (χ3v) is 2.04. The second-order valence-corrected chi connectivity index (χ2v) is 3.08. The molecule has 0 radical (unpaired) electrons. The summed E-state index contributed by atoms with van der Waals surface area (Å²) in [6.07, 6.45) is 5.45. The highest BCUT2D eigenvalue weighted by Gasteiger charge is 2.14. The van der Waals surface area contributed by atoms with Crippen molar-refractivity contribution in [1.82, 2.24) is 0 Å². The SMILES string of the molecule is NC(N)=NCCOC1CCCC1. The molecule has 0 aromatic carbocycles. The third-order valence-electron chi connectivity index (χ3n) is 2.04. The molecule has 0 saturated heterocycles. The Morgan fingerprint density at radius 1 is 1.33 bits per heavy atom. The van der Waals surface area contributed by atoms with Gasteiger partial charge in [0.15, 0.2) is 5.96 Å². The first-order chi connectivity index (χ1) is 5.79. The quantitative estimate of drug-likeness (QED) is 0.361. The molecule has 1 fully saturated rings. The van der Waals surface area contributed by atoms with Gasteiger partial charge in [-0.05, 0) is 12.8 Å². The number of rotatable bonds is 4. The molecule has 4 nitrogen and oxygen atoms in total. The van der Waals surface area contributed by atoms with E-state index in [9.17, 15) is 0 Å². The molecular weight excluding hydrogens is 154 g/mol. The highest BCUT2D eigenvalue weighted by atomic mass is 16.5. The third kappa shape index (κ3) is 3.57. The first-order valence-corrected chi connectivity index (χ1v) is 4.46. The number of nitrogens with zero attached hydrogens (tertiary/aromatic N) is 1. The van der Waals surface area contributed by atoms with E-state index in [-0.39, 0.29) is 5.96 Å². The van der Waals surface area contributed by atoms with Crippen molar-refractivity contribution in [1.29, 1.82) is 0 Å². The van der Waals surface area contributed by atoms with Crippen molar-refractivity contribution in [2.75, 3.05) is 13.2 Å². The van der Waals surface area contributed by atoms with Crippen LogP contribution in [0.4, 0.5) is 0 Å². The lowest BCUT2D eigenvalue weighted by atomic mass is 10.3. The summed E-state index contributed by atoms with van der Waals surface area (Å²) in [6, 6.07) is 0. The Morgan fingerprint density at radius 3 is 2.58 bits per heavy atom. The van der Waals surface area contributed by atoms with Crippen LogP contribution in [0.3, 0.4) is 0 Å². The zero-order chi connectivity index (χ0) is 8.81. The second-order valence-electron chi connectivity index (χ2n) is 3.08. The molecule has 70 valence electrons. The van der Waals surface area contributed by atoms with Gasteiger partial charge in [-0.15, -0.1) is 0 Å². The van der Waals surface area contributed by atoms with Gasteiger partial charge >= 0.3 is 0 Å². The van der Waals surface area contributed by atoms with Crippen LogP contribution >= 0.6 is 0 Å². The van der Waals surface area contributed by atoms with Crippen LogP contribution in [0, 0.1) is 0 Å². The molecule has 0 heterocycles. The summed E-state index contributed by atoms with van der Waals surface area (Å²) in [5.74, 6) is 0.144. The van der Waals surface area contributed by atoms with E-state index in [0.717, 1.165) is 0 Å². The normalized spacial score (nSPS) is 18.0. The topological polar surface area (TPSA) is 73.6 Å². The van der Waals surface area contributed by atoms with Crippen LogP contribution < -0.4 is 11.5 Å². The van der Waals surface area contributed by atoms with E-state index in [1.165, 1.54) is 25.7 Å². The van der Waals surface area contributed by atoms with E-state index >= 15 is 0 Å². The van der Waals surface area contributed by atoms with Gasteiger partial charge in [0.2, 0.25) is 0 Å². The number of ether oxygens (including phenoxy) is 1. The summed E-state index contributed by atoms with van der Waals surface area (Å²) >= 11 is 0. The van der Waals surface area contributed by atoms with E-state index in [0.29, 0.717) is 19.3 Å². The van der Waals surface area contributed by atoms with E-state index in [1.807, 2.05) is 0 Å². The zero-order valence-electron chi connectivity index (χ0n) is 7.33. The molecule has 1 rings (SSSR count). The Kier molecular flexibility index (Phi) is 3.87. The van der Waals surface area contributed by atoms with Crippen molar-refractivity contribution in [3.63, 3.8) is 0 Å². The molecule has 0 bridgehead atoms. The maximum atomic E-state index is 5.54. The first-order valence-electron chi connectivity index (χ1n) is 4.46. The van der Waals surface area contributed by atoms with Gasteiger partial charge in [0.25, 0.3) is 0 Å². The Hall–Kier alpha value is -0.770. The predicted molar refractivity (Wildman–Crippen MR) is 48.9 cm³/mol. The molecular formula is C8H17N3O. The standard InChI is InChI=1S/C8H17N3O/c9-8(10)11-5-6-12-7-3-1-2-4-7/h7H,1-6H2,(H4,9,10,11). The minimum Gasteiger partial charge on any atom is -0.376 e.